The predicted octanol–water partition coefficient (Wildman–Crippen LogP) is 1.34. The van der Waals surface area contributed by atoms with Crippen molar-refractivity contribution in [3.05, 3.63) is 11.6 Å². The lowest BCUT2D eigenvalue weighted by Crippen LogP contribution is -2.46. The molecule has 1 atom stereocenters. The first-order valence-electron chi connectivity index (χ1n) is 5.54. The number of nitrogens with zero attached hydrogens (tertiary/aromatic N) is 1. The van der Waals surface area contributed by atoms with E-state index in [-0.39, 0.29) is 0 Å². The van der Waals surface area contributed by atoms with Gasteiger partial charge in [0.15, 0.2) is 0 Å². The molecule has 0 amide bonds. The van der Waals surface area contributed by atoms with Crippen LogP contribution in [0.5, 0.6) is 0 Å². The molecular weight excluding hydrogens is 192 g/mol. The van der Waals surface area contributed by atoms with Crippen LogP contribution in [0.2, 0.25) is 0 Å². The Morgan fingerprint density at radius 3 is 3.21 bits per heavy atom. The zero-order valence-electron chi connectivity index (χ0n) is 8.96. The molecule has 2 heterocycles. The van der Waals surface area contributed by atoms with Gasteiger partial charge in [0.05, 0.1) is 0 Å². The molecule has 1 fully saturated rings. The number of hydrogen-bond donors (Lipinski definition) is 1. The molecule has 0 aromatic heterocycles. The maximum absolute atomic E-state index is 3.59. The molecule has 0 aliphatic carbocycles. The predicted molar refractivity (Wildman–Crippen MR) is 63.9 cm³/mol. The normalized spacial score (nSPS) is 30.1. The minimum atomic E-state index is 0.723. The fourth-order valence-electron chi connectivity index (χ4n) is 2.03. The topological polar surface area (TPSA) is 15.3 Å². The van der Waals surface area contributed by atoms with Gasteiger partial charge in [0.25, 0.3) is 0 Å². The molecule has 0 bridgehead atoms. The molecule has 2 rings (SSSR count). The van der Waals surface area contributed by atoms with Gasteiger partial charge in [0.2, 0.25) is 0 Å². The highest BCUT2D eigenvalue weighted by molar-refractivity contribution is 7.99. The molecule has 80 valence electrons. The average Bonchev–Trinajstić information content (AvgIpc) is 2.23. The van der Waals surface area contributed by atoms with Crippen LogP contribution in [0.25, 0.3) is 0 Å². The molecule has 1 unspecified atom stereocenters. The van der Waals surface area contributed by atoms with Crippen LogP contribution in [0.1, 0.15) is 13.3 Å². The Hall–Kier alpha value is 0.01000. The summed E-state index contributed by atoms with van der Waals surface area (Å²) in [5.74, 6) is 2.58. The van der Waals surface area contributed by atoms with Crippen LogP contribution in [0.15, 0.2) is 11.6 Å². The van der Waals surface area contributed by atoms with Crippen molar-refractivity contribution in [1.29, 1.82) is 0 Å². The zero-order valence-corrected chi connectivity index (χ0v) is 9.78. The monoisotopic (exact) mass is 212 g/mol. The number of thioether (sulfide) groups is 1. The van der Waals surface area contributed by atoms with Gasteiger partial charge in [-0.25, -0.2) is 0 Å². The van der Waals surface area contributed by atoms with Crippen molar-refractivity contribution in [3.8, 4) is 0 Å². The Balaban J connectivity index is 1.74. The molecule has 0 aromatic rings. The lowest BCUT2D eigenvalue weighted by Gasteiger charge is -2.31. The molecule has 2 aliphatic rings. The summed E-state index contributed by atoms with van der Waals surface area (Å²) < 4.78 is 0. The molecule has 14 heavy (non-hydrogen) atoms. The fraction of sp³-hybridized carbons (Fsp3) is 0.818. The zero-order chi connectivity index (χ0) is 9.80. The molecule has 2 aliphatic heterocycles. The summed E-state index contributed by atoms with van der Waals surface area (Å²) in [7, 11) is 0. The molecule has 0 radical (unpaired) electrons. The summed E-state index contributed by atoms with van der Waals surface area (Å²) >= 11 is 2.09. The summed E-state index contributed by atoms with van der Waals surface area (Å²) in [5, 5.41) is 3.59. The Labute approximate surface area is 91.1 Å². The molecule has 1 saturated heterocycles. The quantitative estimate of drug-likeness (QED) is 0.696. The van der Waals surface area contributed by atoms with Gasteiger partial charge >= 0.3 is 0 Å². The second-order valence-electron chi connectivity index (χ2n) is 4.29. The largest absolute Gasteiger partial charge is 0.311 e. The fourth-order valence-corrected chi connectivity index (χ4v) is 2.96. The Morgan fingerprint density at radius 2 is 2.57 bits per heavy atom. The van der Waals surface area contributed by atoms with Crippen molar-refractivity contribution < 1.29 is 0 Å². The minimum absolute atomic E-state index is 0.723. The van der Waals surface area contributed by atoms with Gasteiger partial charge in [-0.2, -0.15) is 11.8 Å². The van der Waals surface area contributed by atoms with E-state index in [4.69, 9.17) is 0 Å². The standard InChI is InChI=1S/C11H20N2S/c1-10-2-5-13(6-3-10)8-11-9-14-7-4-12-11/h2,11-12H,3-9H2,1H3. The van der Waals surface area contributed by atoms with Crippen molar-refractivity contribution in [2.45, 2.75) is 19.4 Å². The van der Waals surface area contributed by atoms with Gasteiger partial charge in [-0.1, -0.05) is 11.6 Å². The SMILES string of the molecule is CC1=CCN(CC2CSCCN2)CC1. The Bertz CT molecular complexity index is 209. The second kappa shape index (κ2) is 5.19. The first kappa shape index (κ1) is 10.5. The summed E-state index contributed by atoms with van der Waals surface area (Å²) in [6, 6.07) is 0.723. The lowest BCUT2D eigenvalue weighted by atomic mass is 10.1. The van der Waals surface area contributed by atoms with Gasteiger partial charge in [0, 0.05) is 43.7 Å². The smallest absolute Gasteiger partial charge is 0.0286 e. The molecule has 1 N–H and O–H groups in total. The van der Waals surface area contributed by atoms with E-state index >= 15 is 0 Å². The van der Waals surface area contributed by atoms with Crippen molar-refractivity contribution in [1.82, 2.24) is 10.2 Å². The van der Waals surface area contributed by atoms with Gasteiger partial charge in [-0.3, -0.25) is 4.90 Å². The van der Waals surface area contributed by atoms with E-state index in [2.05, 4.69) is 35.0 Å². The van der Waals surface area contributed by atoms with Crippen LogP contribution in [-0.4, -0.2) is 48.6 Å². The van der Waals surface area contributed by atoms with Crippen molar-refractivity contribution in [3.63, 3.8) is 0 Å². The highest BCUT2D eigenvalue weighted by Gasteiger charge is 2.17. The van der Waals surface area contributed by atoms with Crippen LogP contribution in [0.3, 0.4) is 0 Å². The first-order valence-corrected chi connectivity index (χ1v) is 6.69. The Morgan fingerprint density at radius 1 is 1.64 bits per heavy atom. The van der Waals surface area contributed by atoms with Gasteiger partial charge in [-0.15, -0.1) is 0 Å². The molecule has 2 nitrogen and oxygen atoms in total. The number of nitrogens with one attached hydrogen (secondary N) is 1. The van der Waals surface area contributed by atoms with E-state index in [1.54, 1.807) is 5.57 Å². The van der Waals surface area contributed by atoms with Gasteiger partial charge in [-0.05, 0) is 13.3 Å². The van der Waals surface area contributed by atoms with Crippen LogP contribution < -0.4 is 5.32 Å². The van der Waals surface area contributed by atoms with Gasteiger partial charge < -0.3 is 5.32 Å². The molecule has 0 aromatic carbocycles. The summed E-state index contributed by atoms with van der Waals surface area (Å²) in [6.45, 7) is 7.08. The maximum Gasteiger partial charge on any atom is 0.0286 e. The van der Waals surface area contributed by atoms with Crippen LogP contribution in [-0.2, 0) is 0 Å². The van der Waals surface area contributed by atoms with Crippen LogP contribution >= 0.6 is 11.8 Å². The third-order valence-corrected chi connectivity index (χ3v) is 4.13. The molecule has 0 spiro atoms. The second-order valence-corrected chi connectivity index (χ2v) is 5.44. The molecular formula is C11H20N2S. The summed E-state index contributed by atoms with van der Waals surface area (Å²) in [5.41, 5.74) is 1.56. The van der Waals surface area contributed by atoms with E-state index in [1.165, 1.54) is 37.6 Å². The van der Waals surface area contributed by atoms with E-state index in [0.29, 0.717) is 0 Å². The average molecular weight is 212 g/mol. The van der Waals surface area contributed by atoms with E-state index in [9.17, 15) is 0 Å². The number of rotatable bonds is 2. The third-order valence-electron chi connectivity index (χ3n) is 3.00. The number of hydrogen-bond acceptors (Lipinski definition) is 3. The Kier molecular flexibility index (Phi) is 3.90. The van der Waals surface area contributed by atoms with Crippen LogP contribution in [0, 0.1) is 0 Å². The van der Waals surface area contributed by atoms with Crippen LogP contribution in [0.4, 0.5) is 0 Å². The van der Waals surface area contributed by atoms with E-state index < -0.39 is 0 Å². The summed E-state index contributed by atoms with van der Waals surface area (Å²) in [6.07, 6.45) is 3.64. The van der Waals surface area contributed by atoms with E-state index in [0.717, 1.165) is 12.6 Å². The van der Waals surface area contributed by atoms with Crippen molar-refractivity contribution in [2.75, 3.05) is 37.7 Å². The van der Waals surface area contributed by atoms with Crippen molar-refractivity contribution >= 4 is 11.8 Å². The summed E-state index contributed by atoms with van der Waals surface area (Å²) in [4.78, 5) is 2.57. The maximum atomic E-state index is 3.59. The molecule has 3 heteroatoms. The van der Waals surface area contributed by atoms with Gasteiger partial charge in [0.1, 0.15) is 0 Å². The highest BCUT2D eigenvalue weighted by Crippen LogP contribution is 2.13. The first-order chi connectivity index (χ1) is 6.84. The van der Waals surface area contributed by atoms with E-state index in [1.807, 2.05) is 0 Å². The minimum Gasteiger partial charge on any atom is -0.311 e. The third kappa shape index (κ3) is 3.01. The lowest BCUT2D eigenvalue weighted by molar-refractivity contribution is 0.265. The molecule has 0 saturated carbocycles. The highest BCUT2D eigenvalue weighted by atomic mass is 32.2. The van der Waals surface area contributed by atoms with Crippen molar-refractivity contribution in [2.24, 2.45) is 0 Å².